The molecule has 2 N–H and O–H groups in total. The largest absolute Gasteiger partial charge is 0.382 e. The summed E-state index contributed by atoms with van der Waals surface area (Å²) < 4.78 is 0. The molecule has 0 atom stereocenters. The van der Waals surface area contributed by atoms with Crippen molar-refractivity contribution in [2.75, 3.05) is 5.73 Å². The second kappa shape index (κ2) is 3.08. The molecule has 0 aromatic carbocycles. The highest BCUT2D eigenvalue weighted by atomic mass is 35.5. The first-order chi connectivity index (χ1) is 4.74. The molecule has 0 aliphatic carbocycles. The van der Waals surface area contributed by atoms with Gasteiger partial charge in [0.1, 0.15) is 5.82 Å². The van der Waals surface area contributed by atoms with E-state index in [1.807, 2.05) is 0 Å². The van der Waals surface area contributed by atoms with Gasteiger partial charge in [-0.05, 0) is 12.1 Å². The smallest absolute Gasteiger partial charge is 0.142 e. The summed E-state index contributed by atoms with van der Waals surface area (Å²) in [6.45, 7) is 0. The van der Waals surface area contributed by atoms with Crippen molar-refractivity contribution in [3.05, 3.63) is 22.8 Å². The lowest BCUT2D eigenvalue weighted by Crippen LogP contribution is -1.93. The number of hydrogen-bond donors (Lipinski definition) is 1. The summed E-state index contributed by atoms with van der Waals surface area (Å²) in [6, 6.07) is 3.42. The van der Waals surface area contributed by atoms with E-state index in [2.05, 4.69) is 4.98 Å². The minimum Gasteiger partial charge on any atom is -0.382 e. The number of halogens is 2. The highest BCUT2D eigenvalue weighted by Gasteiger charge is 1.97. The summed E-state index contributed by atoms with van der Waals surface area (Å²) in [4.78, 5) is 3.91. The monoisotopic (exact) mass is 176 g/mol. The summed E-state index contributed by atoms with van der Waals surface area (Å²) in [5, 5.41) is 0.467. The van der Waals surface area contributed by atoms with Crippen LogP contribution >= 0.6 is 23.2 Å². The molecule has 1 aromatic heterocycles. The van der Waals surface area contributed by atoms with E-state index in [0.29, 0.717) is 16.7 Å². The summed E-state index contributed by atoms with van der Waals surface area (Å²) in [5.74, 6) is 0.696. The van der Waals surface area contributed by atoms with E-state index in [0.717, 1.165) is 5.69 Å². The zero-order chi connectivity index (χ0) is 7.56. The van der Waals surface area contributed by atoms with Crippen molar-refractivity contribution in [2.45, 2.75) is 5.88 Å². The SMILES string of the molecule is Nc1nc(CCl)ccc1Cl. The molecule has 1 rings (SSSR count). The van der Waals surface area contributed by atoms with Crippen LogP contribution in [0, 0.1) is 0 Å². The maximum absolute atomic E-state index is 5.61. The first-order valence-electron chi connectivity index (χ1n) is 2.71. The second-order valence-electron chi connectivity index (χ2n) is 1.80. The predicted octanol–water partition coefficient (Wildman–Crippen LogP) is 2.06. The van der Waals surface area contributed by atoms with Crippen LogP contribution in [0.1, 0.15) is 5.69 Å². The fourth-order valence-electron chi connectivity index (χ4n) is 0.575. The van der Waals surface area contributed by atoms with Crippen molar-refractivity contribution < 1.29 is 0 Å². The van der Waals surface area contributed by atoms with Crippen LogP contribution in [-0.2, 0) is 5.88 Å². The standard InChI is InChI=1S/C6H6Cl2N2/c7-3-4-1-2-5(8)6(9)10-4/h1-2H,3H2,(H2,9,10). The van der Waals surface area contributed by atoms with Gasteiger partial charge >= 0.3 is 0 Å². The number of hydrogen-bond acceptors (Lipinski definition) is 2. The summed E-state index contributed by atoms with van der Waals surface area (Å²) >= 11 is 11.1. The molecule has 2 nitrogen and oxygen atoms in total. The number of nitrogen functional groups attached to an aromatic ring is 1. The molecule has 10 heavy (non-hydrogen) atoms. The van der Waals surface area contributed by atoms with Gasteiger partial charge in [-0.1, -0.05) is 11.6 Å². The maximum Gasteiger partial charge on any atom is 0.142 e. The average molecular weight is 177 g/mol. The van der Waals surface area contributed by atoms with Crippen LogP contribution in [0.5, 0.6) is 0 Å². The molecule has 0 bridgehead atoms. The molecule has 0 aliphatic heterocycles. The van der Waals surface area contributed by atoms with E-state index in [9.17, 15) is 0 Å². The Hall–Kier alpha value is -0.470. The Kier molecular flexibility index (Phi) is 2.35. The molecule has 54 valence electrons. The Balaban J connectivity index is 3.04. The summed E-state index contributed by atoms with van der Waals surface area (Å²) in [7, 11) is 0. The van der Waals surface area contributed by atoms with Gasteiger partial charge in [0, 0.05) is 0 Å². The van der Waals surface area contributed by atoms with Crippen LogP contribution < -0.4 is 5.73 Å². The van der Waals surface area contributed by atoms with Gasteiger partial charge in [-0.25, -0.2) is 4.98 Å². The lowest BCUT2D eigenvalue weighted by atomic mass is 10.4. The van der Waals surface area contributed by atoms with Gasteiger partial charge in [0.05, 0.1) is 16.6 Å². The number of nitrogens with two attached hydrogens (primary N) is 1. The first-order valence-corrected chi connectivity index (χ1v) is 3.62. The normalized spacial score (nSPS) is 9.80. The van der Waals surface area contributed by atoms with Crippen molar-refractivity contribution in [3.63, 3.8) is 0 Å². The molecule has 0 aliphatic rings. The Morgan fingerprint density at radius 1 is 1.50 bits per heavy atom. The third-order valence-corrected chi connectivity index (χ3v) is 1.66. The number of pyridine rings is 1. The minimum atomic E-state index is 0.333. The number of alkyl halides is 1. The third-order valence-electron chi connectivity index (χ3n) is 1.07. The van der Waals surface area contributed by atoms with Gasteiger partial charge in [-0.2, -0.15) is 0 Å². The number of aromatic nitrogens is 1. The summed E-state index contributed by atoms with van der Waals surface area (Å²) in [6.07, 6.45) is 0. The van der Waals surface area contributed by atoms with Gasteiger partial charge in [-0.3, -0.25) is 0 Å². The maximum atomic E-state index is 5.61. The van der Waals surface area contributed by atoms with E-state index >= 15 is 0 Å². The topological polar surface area (TPSA) is 38.9 Å². The van der Waals surface area contributed by atoms with Crippen molar-refractivity contribution >= 4 is 29.0 Å². The zero-order valence-corrected chi connectivity index (χ0v) is 6.65. The fourth-order valence-corrected chi connectivity index (χ4v) is 0.829. The molecule has 0 saturated carbocycles. The van der Waals surface area contributed by atoms with Crippen molar-refractivity contribution in [1.82, 2.24) is 4.98 Å². The first kappa shape index (κ1) is 7.63. The molecular formula is C6H6Cl2N2. The second-order valence-corrected chi connectivity index (χ2v) is 2.48. The zero-order valence-electron chi connectivity index (χ0n) is 5.14. The van der Waals surface area contributed by atoms with Crippen molar-refractivity contribution in [3.8, 4) is 0 Å². The molecule has 0 radical (unpaired) electrons. The van der Waals surface area contributed by atoms with Gasteiger partial charge in [0.2, 0.25) is 0 Å². The van der Waals surface area contributed by atoms with Crippen LogP contribution in [0.3, 0.4) is 0 Å². The molecule has 0 saturated heterocycles. The molecule has 0 fully saturated rings. The molecule has 0 unspecified atom stereocenters. The summed E-state index contributed by atoms with van der Waals surface area (Å²) in [5.41, 5.74) is 6.13. The average Bonchev–Trinajstić information content (AvgIpc) is 1.95. The van der Waals surface area contributed by atoms with Crippen LogP contribution in [0.15, 0.2) is 12.1 Å². The highest BCUT2D eigenvalue weighted by Crippen LogP contribution is 2.16. The van der Waals surface area contributed by atoms with Gasteiger partial charge in [0.15, 0.2) is 0 Å². The number of nitrogens with zero attached hydrogens (tertiary/aromatic N) is 1. The third kappa shape index (κ3) is 1.52. The highest BCUT2D eigenvalue weighted by molar-refractivity contribution is 6.32. The van der Waals surface area contributed by atoms with E-state index in [-0.39, 0.29) is 0 Å². The van der Waals surface area contributed by atoms with Crippen LogP contribution in [0.25, 0.3) is 0 Å². The van der Waals surface area contributed by atoms with E-state index < -0.39 is 0 Å². The van der Waals surface area contributed by atoms with Crippen molar-refractivity contribution in [1.29, 1.82) is 0 Å². The fraction of sp³-hybridized carbons (Fsp3) is 0.167. The van der Waals surface area contributed by atoms with Gasteiger partial charge < -0.3 is 5.73 Å². The van der Waals surface area contributed by atoms with Gasteiger partial charge in [-0.15, -0.1) is 11.6 Å². The van der Waals surface area contributed by atoms with Crippen LogP contribution in [-0.4, -0.2) is 4.98 Å². The molecule has 1 heterocycles. The lowest BCUT2D eigenvalue weighted by molar-refractivity contribution is 1.18. The molecule has 0 spiro atoms. The van der Waals surface area contributed by atoms with E-state index in [4.69, 9.17) is 28.9 Å². The Morgan fingerprint density at radius 3 is 2.70 bits per heavy atom. The Labute approximate surface area is 69.0 Å². The molecule has 0 amide bonds. The van der Waals surface area contributed by atoms with Gasteiger partial charge in [0.25, 0.3) is 0 Å². The van der Waals surface area contributed by atoms with E-state index in [1.165, 1.54) is 0 Å². The minimum absolute atomic E-state index is 0.333. The Bertz CT molecular complexity index is 237. The Morgan fingerprint density at radius 2 is 2.20 bits per heavy atom. The van der Waals surface area contributed by atoms with Crippen LogP contribution in [0.2, 0.25) is 5.02 Å². The molecule has 1 aromatic rings. The molecular weight excluding hydrogens is 171 g/mol. The lowest BCUT2D eigenvalue weighted by Gasteiger charge is -1.97. The quantitative estimate of drug-likeness (QED) is 0.666. The number of rotatable bonds is 1. The molecule has 4 heteroatoms. The van der Waals surface area contributed by atoms with E-state index in [1.54, 1.807) is 12.1 Å². The predicted molar refractivity (Wildman–Crippen MR) is 43.2 cm³/mol. The number of anilines is 1. The van der Waals surface area contributed by atoms with Crippen LogP contribution in [0.4, 0.5) is 5.82 Å². The van der Waals surface area contributed by atoms with Crippen molar-refractivity contribution in [2.24, 2.45) is 0 Å².